The molecule has 1 saturated heterocycles. The van der Waals surface area contributed by atoms with Crippen molar-refractivity contribution < 1.29 is 17.9 Å². The van der Waals surface area contributed by atoms with Crippen molar-refractivity contribution in [1.82, 2.24) is 10.2 Å². The summed E-state index contributed by atoms with van der Waals surface area (Å²) in [5.74, 6) is -0.740. The number of nitrogens with one attached hydrogen (secondary N) is 1. The van der Waals surface area contributed by atoms with Crippen LogP contribution in [-0.2, 0) is 9.84 Å². The van der Waals surface area contributed by atoms with Crippen LogP contribution in [0.4, 0.5) is 4.39 Å². The molecule has 0 aromatic heterocycles. The monoisotopic (exact) mass is 344 g/mol. The van der Waals surface area contributed by atoms with Crippen molar-refractivity contribution in [3.05, 3.63) is 29.6 Å². The van der Waals surface area contributed by atoms with Gasteiger partial charge in [-0.05, 0) is 50.6 Å². The van der Waals surface area contributed by atoms with E-state index in [0.29, 0.717) is 18.7 Å². The van der Waals surface area contributed by atoms with Crippen LogP contribution < -0.4 is 5.32 Å². The van der Waals surface area contributed by atoms with Gasteiger partial charge in [0.25, 0.3) is 0 Å². The summed E-state index contributed by atoms with van der Waals surface area (Å²) in [5, 5.41) is 13.2. The molecule has 0 amide bonds. The Morgan fingerprint density at radius 2 is 2.00 bits per heavy atom. The minimum atomic E-state index is -3.56. The van der Waals surface area contributed by atoms with Gasteiger partial charge in [0.2, 0.25) is 0 Å². The van der Waals surface area contributed by atoms with Gasteiger partial charge < -0.3 is 15.3 Å². The lowest BCUT2D eigenvalue weighted by Crippen LogP contribution is -2.37. The van der Waals surface area contributed by atoms with Gasteiger partial charge in [-0.25, -0.2) is 12.8 Å². The molecule has 23 heavy (non-hydrogen) atoms. The standard InChI is InChI=1S/C16H25FN2O3S/c1-12(18-10-14(20)11-19-7-3-4-8-19)13-5-6-16(15(17)9-13)23(2,21)22/h5-6,9,12,14,18,20H,3-4,7-8,10-11H2,1-2H3. The molecule has 1 fully saturated rings. The molecule has 1 heterocycles. The molecule has 0 saturated carbocycles. The van der Waals surface area contributed by atoms with Gasteiger partial charge in [-0.1, -0.05) is 6.07 Å². The second-order valence-corrected chi connectivity index (χ2v) is 8.24. The van der Waals surface area contributed by atoms with Crippen LogP contribution in [0.3, 0.4) is 0 Å². The van der Waals surface area contributed by atoms with Crippen molar-refractivity contribution in [2.75, 3.05) is 32.4 Å². The predicted molar refractivity (Wildman–Crippen MR) is 87.6 cm³/mol. The second-order valence-electron chi connectivity index (χ2n) is 6.25. The molecular formula is C16H25FN2O3S. The fourth-order valence-corrected chi connectivity index (χ4v) is 3.57. The maximum atomic E-state index is 13.9. The van der Waals surface area contributed by atoms with E-state index in [1.807, 2.05) is 6.92 Å². The number of aliphatic hydroxyl groups is 1. The van der Waals surface area contributed by atoms with E-state index in [-0.39, 0.29) is 10.9 Å². The first-order valence-electron chi connectivity index (χ1n) is 7.90. The highest BCUT2D eigenvalue weighted by Gasteiger charge is 2.18. The van der Waals surface area contributed by atoms with Gasteiger partial charge in [0.05, 0.1) is 6.10 Å². The van der Waals surface area contributed by atoms with Crippen LogP contribution in [0.25, 0.3) is 0 Å². The average Bonchev–Trinajstić information content (AvgIpc) is 2.96. The summed E-state index contributed by atoms with van der Waals surface area (Å²) in [6.45, 7) is 4.97. The van der Waals surface area contributed by atoms with E-state index in [9.17, 15) is 17.9 Å². The van der Waals surface area contributed by atoms with Gasteiger partial charge >= 0.3 is 0 Å². The molecule has 0 radical (unpaired) electrons. The molecular weight excluding hydrogens is 319 g/mol. The number of halogens is 1. The molecule has 7 heteroatoms. The number of rotatable bonds is 7. The fourth-order valence-electron chi connectivity index (χ4n) is 2.85. The van der Waals surface area contributed by atoms with Crippen molar-refractivity contribution in [2.24, 2.45) is 0 Å². The van der Waals surface area contributed by atoms with Gasteiger partial charge in [0.15, 0.2) is 9.84 Å². The fraction of sp³-hybridized carbons (Fsp3) is 0.625. The van der Waals surface area contributed by atoms with Gasteiger partial charge in [-0.3, -0.25) is 0 Å². The zero-order chi connectivity index (χ0) is 17.0. The predicted octanol–water partition coefficient (Wildman–Crippen LogP) is 1.34. The number of aliphatic hydroxyl groups excluding tert-OH is 1. The Hall–Kier alpha value is -1.02. The molecule has 2 atom stereocenters. The van der Waals surface area contributed by atoms with E-state index in [4.69, 9.17) is 0 Å². The largest absolute Gasteiger partial charge is 0.390 e. The van der Waals surface area contributed by atoms with Crippen LogP contribution >= 0.6 is 0 Å². The smallest absolute Gasteiger partial charge is 0.178 e. The zero-order valence-electron chi connectivity index (χ0n) is 13.6. The van der Waals surface area contributed by atoms with Gasteiger partial charge in [0, 0.05) is 25.4 Å². The van der Waals surface area contributed by atoms with Crippen LogP contribution in [0.5, 0.6) is 0 Å². The normalized spacial score (nSPS) is 19.0. The number of nitrogens with zero attached hydrogens (tertiary/aromatic N) is 1. The zero-order valence-corrected chi connectivity index (χ0v) is 14.4. The summed E-state index contributed by atoms with van der Waals surface area (Å²) in [6.07, 6.45) is 2.88. The van der Waals surface area contributed by atoms with Crippen molar-refractivity contribution in [3.8, 4) is 0 Å². The number of β-amino-alcohol motifs (C(OH)–C–C–N with tert-alkyl or cyclic N) is 1. The van der Waals surface area contributed by atoms with Crippen molar-refractivity contribution in [3.63, 3.8) is 0 Å². The SMILES string of the molecule is CC(NCC(O)CN1CCCC1)c1ccc(S(C)(=O)=O)c(F)c1. The number of hydrogen-bond acceptors (Lipinski definition) is 5. The summed E-state index contributed by atoms with van der Waals surface area (Å²) in [5.41, 5.74) is 0.656. The van der Waals surface area contributed by atoms with Crippen LogP contribution in [-0.4, -0.2) is 57.0 Å². The molecule has 2 rings (SSSR count). The third kappa shape index (κ3) is 5.24. The molecule has 5 nitrogen and oxygen atoms in total. The molecule has 2 unspecified atom stereocenters. The highest BCUT2D eigenvalue weighted by Crippen LogP contribution is 2.20. The van der Waals surface area contributed by atoms with Crippen LogP contribution in [0.2, 0.25) is 0 Å². The summed E-state index contributed by atoms with van der Waals surface area (Å²) < 4.78 is 36.8. The lowest BCUT2D eigenvalue weighted by Gasteiger charge is -2.22. The molecule has 130 valence electrons. The number of sulfone groups is 1. The molecule has 1 aromatic carbocycles. The van der Waals surface area contributed by atoms with E-state index in [2.05, 4.69) is 10.2 Å². The number of benzene rings is 1. The van der Waals surface area contributed by atoms with Crippen LogP contribution in [0.15, 0.2) is 23.1 Å². The third-order valence-corrected chi connectivity index (χ3v) is 5.31. The highest BCUT2D eigenvalue weighted by molar-refractivity contribution is 7.90. The summed E-state index contributed by atoms with van der Waals surface area (Å²) >= 11 is 0. The second kappa shape index (κ2) is 7.70. The Morgan fingerprint density at radius 3 is 2.57 bits per heavy atom. The maximum absolute atomic E-state index is 13.9. The first kappa shape index (κ1) is 18.3. The van der Waals surface area contributed by atoms with Crippen LogP contribution in [0, 0.1) is 5.82 Å². The minimum absolute atomic E-state index is 0.175. The molecule has 1 aliphatic rings. The molecule has 0 spiro atoms. The Balaban J connectivity index is 1.90. The van der Waals surface area contributed by atoms with E-state index in [0.717, 1.165) is 19.3 Å². The maximum Gasteiger partial charge on any atom is 0.178 e. The Kier molecular flexibility index (Phi) is 6.13. The van der Waals surface area contributed by atoms with Gasteiger partial charge in [0.1, 0.15) is 10.7 Å². The number of likely N-dealkylation sites (tertiary alicyclic amines) is 1. The average molecular weight is 344 g/mol. The topological polar surface area (TPSA) is 69.6 Å². The molecule has 1 aromatic rings. The molecule has 1 aliphatic heterocycles. The van der Waals surface area contributed by atoms with E-state index in [1.54, 1.807) is 6.07 Å². The quantitative estimate of drug-likeness (QED) is 0.781. The molecule has 0 bridgehead atoms. The highest BCUT2D eigenvalue weighted by atomic mass is 32.2. The lowest BCUT2D eigenvalue weighted by atomic mass is 10.1. The number of hydrogen-bond donors (Lipinski definition) is 2. The van der Waals surface area contributed by atoms with Gasteiger partial charge in [-0.15, -0.1) is 0 Å². The third-order valence-electron chi connectivity index (χ3n) is 4.18. The lowest BCUT2D eigenvalue weighted by molar-refractivity contribution is 0.121. The first-order valence-corrected chi connectivity index (χ1v) is 9.80. The van der Waals surface area contributed by atoms with E-state index >= 15 is 0 Å². The Bertz CT molecular complexity index is 630. The van der Waals surface area contributed by atoms with Crippen molar-refractivity contribution in [1.29, 1.82) is 0 Å². The van der Waals surface area contributed by atoms with Crippen molar-refractivity contribution in [2.45, 2.75) is 36.8 Å². The Morgan fingerprint density at radius 1 is 1.35 bits per heavy atom. The van der Waals surface area contributed by atoms with Crippen LogP contribution in [0.1, 0.15) is 31.4 Å². The van der Waals surface area contributed by atoms with Crippen molar-refractivity contribution >= 4 is 9.84 Å². The molecule has 2 N–H and O–H groups in total. The first-order chi connectivity index (χ1) is 10.8. The summed E-state index contributed by atoms with van der Waals surface area (Å²) in [7, 11) is -3.56. The van der Waals surface area contributed by atoms with E-state index < -0.39 is 21.8 Å². The minimum Gasteiger partial charge on any atom is -0.390 e. The summed E-state index contributed by atoms with van der Waals surface area (Å²) in [6, 6.07) is 3.95. The summed E-state index contributed by atoms with van der Waals surface area (Å²) in [4.78, 5) is 1.94. The molecule has 0 aliphatic carbocycles. The Labute approximate surface area is 137 Å². The van der Waals surface area contributed by atoms with Gasteiger partial charge in [-0.2, -0.15) is 0 Å². The van der Waals surface area contributed by atoms with E-state index in [1.165, 1.54) is 25.0 Å².